The topological polar surface area (TPSA) is 29.5 Å². The van der Waals surface area contributed by atoms with Gasteiger partial charge in [0.25, 0.3) is 0 Å². The van der Waals surface area contributed by atoms with Gasteiger partial charge >= 0.3 is 0 Å². The van der Waals surface area contributed by atoms with Crippen molar-refractivity contribution >= 4 is 11.6 Å². The van der Waals surface area contributed by atoms with Gasteiger partial charge in [-0.25, -0.2) is 0 Å². The first kappa shape index (κ1) is 15.3. The summed E-state index contributed by atoms with van der Waals surface area (Å²) >= 11 is 6.10. The Labute approximate surface area is 132 Å². The van der Waals surface area contributed by atoms with Crippen molar-refractivity contribution in [3.8, 4) is 0 Å². The molecule has 3 heteroatoms. The molecule has 1 N–H and O–H groups in total. The predicted octanol–water partition coefficient (Wildman–Crippen LogP) is 4.68. The summed E-state index contributed by atoms with van der Waals surface area (Å²) in [6.45, 7) is 2.70. The summed E-state index contributed by atoms with van der Waals surface area (Å²) in [5.41, 5.74) is 0.107. The van der Waals surface area contributed by atoms with Crippen LogP contribution in [0, 0.1) is 5.92 Å². The van der Waals surface area contributed by atoms with Crippen LogP contribution in [0.15, 0.2) is 24.3 Å². The van der Waals surface area contributed by atoms with Crippen molar-refractivity contribution in [1.29, 1.82) is 0 Å². The Kier molecular flexibility index (Phi) is 4.31. The van der Waals surface area contributed by atoms with Crippen LogP contribution >= 0.6 is 11.6 Å². The molecular weight excluding hydrogens is 284 g/mol. The van der Waals surface area contributed by atoms with Gasteiger partial charge < -0.3 is 9.84 Å². The van der Waals surface area contributed by atoms with Gasteiger partial charge in [0.2, 0.25) is 0 Å². The van der Waals surface area contributed by atoms with Crippen molar-refractivity contribution in [2.24, 2.45) is 5.92 Å². The van der Waals surface area contributed by atoms with E-state index in [1.54, 1.807) is 0 Å². The maximum atomic E-state index is 11.1. The molecule has 2 fully saturated rings. The van der Waals surface area contributed by atoms with Crippen molar-refractivity contribution < 1.29 is 9.84 Å². The summed E-state index contributed by atoms with van der Waals surface area (Å²) in [4.78, 5) is 0. The predicted molar refractivity (Wildman–Crippen MR) is 85.5 cm³/mol. The average molecular weight is 309 g/mol. The third-order valence-corrected chi connectivity index (χ3v) is 5.70. The van der Waals surface area contributed by atoms with E-state index in [2.05, 4.69) is 0 Å². The summed E-state index contributed by atoms with van der Waals surface area (Å²) in [5.74, 6) is 0.239. The molecule has 116 valence electrons. The minimum absolute atomic E-state index is 0.0176. The van der Waals surface area contributed by atoms with Crippen LogP contribution in [0.4, 0.5) is 0 Å². The molecule has 2 aliphatic rings. The first-order valence-electron chi connectivity index (χ1n) is 8.14. The molecule has 1 aromatic carbocycles. The van der Waals surface area contributed by atoms with E-state index in [0.717, 1.165) is 37.9 Å². The Morgan fingerprint density at radius 2 is 2.05 bits per heavy atom. The second kappa shape index (κ2) is 5.91. The van der Waals surface area contributed by atoms with E-state index in [-0.39, 0.29) is 11.5 Å². The Morgan fingerprint density at radius 1 is 1.29 bits per heavy atom. The molecule has 3 rings (SSSR count). The SMILES string of the molecule is CC(O)(c1cccc(Cl)c1)C1CCOC2(CCCCC2)C1. The monoisotopic (exact) mass is 308 g/mol. The second-order valence-electron chi connectivity index (χ2n) is 6.94. The van der Waals surface area contributed by atoms with Gasteiger partial charge in [-0.05, 0) is 56.2 Å². The molecule has 1 aliphatic carbocycles. The van der Waals surface area contributed by atoms with E-state index in [4.69, 9.17) is 16.3 Å². The standard InChI is InChI=1S/C18H25ClO2/c1-17(20,14-6-5-7-16(19)12-14)15-8-11-21-18(13-15)9-3-2-4-10-18/h5-7,12,15,20H,2-4,8-11,13H2,1H3. The summed E-state index contributed by atoms with van der Waals surface area (Å²) in [5, 5.41) is 11.8. The van der Waals surface area contributed by atoms with Crippen LogP contribution in [-0.2, 0) is 10.3 Å². The van der Waals surface area contributed by atoms with Gasteiger partial charge in [0, 0.05) is 11.6 Å². The highest BCUT2D eigenvalue weighted by Gasteiger charge is 2.45. The molecule has 1 saturated carbocycles. The maximum Gasteiger partial charge on any atom is 0.0898 e. The van der Waals surface area contributed by atoms with Gasteiger partial charge in [-0.2, -0.15) is 0 Å². The summed E-state index contributed by atoms with van der Waals surface area (Å²) in [6.07, 6.45) is 8.01. The lowest BCUT2D eigenvalue weighted by Gasteiger charge is -2.47. The molecule has 0 bridgehead atoms. The van der Waals surface area contributed by atoms with Crippen molar-refractivity contribution in [1.82, 2.24) is 0 Å². The normalized spacial score (nSPS) is 28.2. The third-order valence-electron chi connectivity index (χ3n) is 5.46. The molecule has 1 spiro atoms. The highest BCUT2D eigenvalue weighted by atomic mass is 35.5. The first-order valence-corrected chi connectivity index (χ1v) is 8.52. The molecule has 0 radical (unpaired) electrons. The van der Waals surface area contributed by atoms with Gasteiger partial charge in [-0.3, -0.25) is 0 Å². The quantitative estimate of drug-likeness (QED) is 0.859. The zero-order valence-electron chi connectivity index (χ0n) is 12.8. The minimum Gasteiger partial charge on any atom is -0.385 e. The van der Waals surface area contributed by atoms with Crippen LogP contribution in [-0.4, -0.2) is 17.3 Å². The van der Waals surface area contributed by atoms with Gasteiger partial charge in [-0.15, -0.1) is 0 Å². The Hall–Kier alpha value is -0.570. The van der Waals surface area contributed by atoms with E-state index in [9.17, 15) is 5.11 Å². The van der Waals surface area contributed by atoms with Crippen LogP contribution in [0.2, 0.25) is 5.02 Å². The van der Waals surface area contributed by atoms with E-state index < -0.39 is 5.60 Å². The van der Waals surface area contributed by atoms with Crippen molar-refractivity contribution in [2.45, 2.75) is 63.1 Å². The number of halogens is 1. The molecule has 0 aromatic heterocycles. The number of benzene rings is 1. The van der Waals surface area contributed by atoms with Crippen molar-refractivity contribution in [3.63, 3.8) is 0 Å². The minimum atomic E-state index is -0.834. The van der Waals surface area contributed by atoms with E-state index >= 15 is 0 Å². The summed E-state index contributed by atoms with van der Waals surface area (Å²) in [6, 6.07) is 7.65. The number of rotatable bonds is 2. The van der Waals surface area contributed by atoms with E-state index in [1.165, 1.54) is 19.3 Å². The number of ether oxygens (including phenoxy) is 1. The van der Waals surface area contributed by atoms with Crippen LogP contribution in [0.3, 0.4) is 0 Å². The van der Waals surface area contributed by atoms with Gasteiger partial charge in [0.1, 0.15) is 0 Å². The third kappa shape index (κ3) is 3.13. The van der Waals surface area contributed by atoms with Crippen molar-refractivity contribution in [2.75, 3.05) is 6.61 Å². The van der Waals surface area contributed by atoms with Crippen LogP contribution in [0.5, 0.6) is 0 Å². The molecule has 21 heavy (non-hydrogen) atoms. The first-order chi connectivity index (χ1) is 10.0. The zero-order chi connectivity index (χ0) is 14.9. The number of hydrogen-bond acceptors (Lipinski definition) is 2. The fraction of sp³-hybridized carbons (Fsp3) is 0.667. The van der Waals surface area contributed by atoms with Crippen LogP contribution < -0.4 is 0 Å². The lowest BCUT2D eigenvalue weighted by atomic mass is 9.69. The Morgan fingerprint density at radius 3 is 2.76 bits per heavy atom. The highest BCUT2D eigenvalue weighted by molar-refractivity contribution is 6.30. The maximum absolute atomic E-state index is 11.1. The van der Waals surface area contributed by atoms with Gasteiger partial charge in [-0.1, -0.05) is 43.0 Å². The fourth-order valence-electron chi connectivity index (χ4n) is 4.09. The molecule has 2 atom stereocenters. The zero-order valence-corrected chi connectivity index (χ0v) is 13.5. The number of hydrogen-bond donors (Lipinski definition) is 1. The van der Waals surface area contributed by atoms with Crippen molar-refractivity contribution in [3.05, 3.63) is 34.9 Å². The highest BCUT2D eigenvalue weighted by Crippen LogP contribution is 2.46. The smallest absolute Gasteiger partial charge is 0.0898 e. The van der Waals surface area contributed by atoms with Gasteiger partial charge in [0.15, 0.2) is 0 Å². The van der Waals surface area contributed by atoms with E-state index in [1.807, 2.05) is 31.2 Å². The molecule has 1 heterocycles. The van der Waals surface area contributed by atoms with Gasteiger partial charge in [0.05, 0.1) is 11.2 Å². The second-order valence-corrected chi connectivity index (χ2v) is 7.38. The van der Waals surface area contributed by atoms with Crippen LogP contribution in [0.25, 0.3) is 0 Å². The molecule has 1 saturated heterocycles. The Balaban J connectivity index is 1.81. The molecular formula is C18H25ClO2. The molecule has 0 amide bonds. The molecule has 2 unspecified atom stereocenters. The Bertz CT molecular complexity index is 486. The molecule has 1 aliphatic heterocycles. The average Bonchev–Trinajstić information content (AvgIpc) is 2.48. The number of aliphatic hydroxyl groups is 1. The largest absolute Gasteiger partial charge is 0.385 e. The lowest BCUT2D eigenvalue weighted by Crippen LogP contribution is -2.47. The van der Waals surface area contributed by atoms with E-state index in [0.29, 0.717) is 5.02 Å². The molecule has 1 aromatic rings. The summed E-state index contributed by atoms with van der Waals surface area (Å²) < 4.78 is 6.15. The van der Waals surface area contributed by atoms with Crippen LogP contribution in [0.1, 0.15) is 57.4 Å². The summed E-state index contributed by atoms with van der Waals surface area (Å²) in [7, 11) is 0. The fourth-order valence-corrected chi connectivity index (χ4v) is 4.28. The molecule has 2 nitrogen and oxygen atoms in total. The lowest BCUT2D eigenvalue weighted by molar-refractivity contribution is -0.154.